The molecule has 0 amide bonds. The molecule has 1 fully saturated rings. The van der Waals surface area contributed by atoms with Crippen molar-refractivity contribution in [2.24, 2.45) is 0 Å². The second kappa shape index (κ2) is 5.03. The molecule has 1 aliphatic rings. The summed E-state index contributed by atoms with van der Waals surface area (Å²) >= 11 is 0. The van der Waals surface area contributed by atoms with Gasteiger partial charge in [0.15, 0.2) is 0 Å². The summed E-state index contributed by atoms with van der Waals surface area (Å²) in [4.78, 5) is 1.79. The van der Waals surface area contributed by atoms with E-state index in [0.29, 0.717) is 18.1 Å². The van der Waals surface area contributed by atoms with Gasteiger partial charge in [-0.05, 0) is 33.7 Å². The maximum atomic E-state index is 12.2. The van der Waals surface area contributed by atoms with Gasteiger partial charge in [-0.3, -0.25) is 4.90 Å². The summed E-state index contributed by atoms with van der Waals surface area (Å²) in [6.07, 6.45) is -0.290. The molecule has 1 heterocycles. The van der Waals surface area contributed by atoms with Crippen molar-refractivity contribution >= 4 is 0 Å². The van der Waals surface area contributed by atoms with Crippen molar-refractivity contribution in [3.05, 3.63) is 0 Å². The Morgan fingerprint density at radius 1 is 1.29 bits per heavy atom. The van der Waals surface area contributed by atoms with Crippen LogP contribution in [-0.4, -0.2) is 43.0 Å². The normalized spacial score (nSPS) is 34.1. The third kappa shape index (κ3) is 3.50. The molecule has 1 rings (SSSR count). The van der Waals surface area contributed by atoms with Gasteiger partial charge in [0, 0.05) is 18.1 Å². The van der Waals surface area contributed by atoms with E-state index in [1.54, 1.807) is 11.9 Å². The zero-order valence-corrected chi connectivity index (χ0v) is 9.13. The van der Waals surface area contributed by atoms with Crippen LogP contribution in [0, 0.1) is 0 Å². The number of hydrogen-bond donors (Lipinski definition) is 1. The minimum absolute atomic E-state index is 0.107. The van der Waals surface area contributed by atoms with Gasteiger partial charge in [-0.25, -0.2) is 8.78 Å². The number of piperidine rings is 1. The van der Waals surface area contributed by atoms with E-state index >= 15 is 0 Å². The predicted molar refractivity (Wildman–Crippen MR) is 53.7 cm³/mol. The molecule has 2 atom stereocenters. The van der Waals surface area contributed by atoms with Crippen LogP contribution in [0.5, 0.6) is 0 Å². The van der Waals surface area contributed by atoms with E-state index in [9.17, 15) is 8.78 Å². The van der Waals surface area contributed by atoms with Gasteiger partial charge < -0.3 is 5.32 Å². The van der Waals surface area contributed by atoms with Crippen LogP contribution in [0.4, 0.5) is 8.78 Å². The zero-order valence-electron chi connectivity index (χ0n) is 9.13. The molecule has 0 aromatic carbocycles. The highest BCUT2D eigenvalue weighted by Gasteiger charge is 2.27. The smallest absolute Gasteiger partial charge is 0.251 e. The molecule has 0 aliphatic carbocycles. The van der Waals surface area contributed by atoms with Crippen molar-refractivity contribution in [1.29, 1.82) is 0 Å². The molecule has 0 bridgehead atoms. The van der Waals surface area contributed by atoms with Gasteiger partial charge in [0.2, 0.25) is 0 Å². The lowest BCUT2D eigenvalue weighted by molar-refractivity contribution is 0.0629. The van der Waals surface area contributed by atoms with Crippen LogP contribution in [0.15, 0.2) is 0 Å². The van der Waals surface area contributed by atoms with Gasteiger partial charge in [-0.2, -0.15) is 0 Å². The molecular formula is C10H20F2N2. The Kier molecular flexibility index (Phi) is 4.26. The van der Waals surface area contributed by atoms with E-state index in [1.165, 1.54) is 0 Å². The Morgan fingerprint density at radius 3 is 2.21 bits per heavy atom. The highest BCUT2D eigenvalue weighted by molar-refractivity contribution is 4.85. The van der Waals surface area contributed by atoms with E-state index in [-0.39, 0.29) is 6.54 Å². The van der Waals surface area contributed by atoms with Crippen molar-refractivity contribution in [1.82, 2.24) is 10.2 Å². The van der Waals surface area contributed by atoms with Crippen LogP contribution in [-0.2, 0) is 0 Å². The lowest BCUT2D eigenvalue weighted by atomic mass is 9.94. The molecule has 0 saturated carbocycles. The van der Waals surface area contributed by atoms with E-state index < -0.39 is 6.43 Å². The lowest BCUT2D eigenvalue weighted by Crippen LogP contribution is -2.50. The maximum Gasteiger partial charge on any atom is 0.251 e. The Bertz CT molecular complexity index is 166. The number of nitrogens with one attached hydrogen (secondary N) is 1. The van der Waals surface area contributed by atoms with Crippen molar-refractivity contribution < 1.29 is 8.78 Å². The molecule has 0 spiro atoms. The monoisotopic (exact) mass is 206 g/mol. The SMILES string of the molecule is CC1CC(N(C)CC(F)F)CC(C)N1. The fraction of sp³-hybridized carbons (Fsp3) is 1.00. The summed E-state index contributed by atoms with van der Waals surface area (Å²) in [5, 5.41) is 3.40. The maximum absolute atomic E-state index is 12.2. The van der Waals surface area contributed by atoms with Crippen LogP contribution in [0.1, 0.15) is 26.7 Å². The van der Waals surface area contributed by atoms with Gasteiger partial charge in [-0.1, -0.05) is 0 Å². The van der Waals surface area contributed by atoms with Crippen LogP contribution in [0.25, 0.3) is 0 Å². The number of alkyl halides is 2. The van der Waals surface area contributed by atoms with E-state index in [4.69, 9.17) is 0 Å². The number of halogens is 2. The average molecular weight is 206 g/mol. The van der Waals surface area contributed by atoms with Gasteiger partial charge in [0.25, 0.3) is 6.43 Å². The highest BCUT2D eigenvalue weighted by atomic mass is 19.3. The summed E-state index contributed by atoms with van der Waals surface area (Å²) < 4.78 is 24.4. The fourth-order valence-corrected chi connectivity index (χ4v) is 2.26. The Morgan fingerprint density at radius 2 is 1.79 bits per heavy atom. The third-order valence-electron chi connectivity index (χ3n) is 2.87. The molecule has 2 nitrogen and oxygen atoms in total. The summed E-state index contributed by atoms with van der Waals surface area (Å²) in [6.45, 7) is 4.11. The Balaban J connectivity index is 2.42. The van der Waals surface area contributed by atoms with E-state index in [2.05, 4.69) is 19.2 Å². The van der Waals surface area contributed by atoms with Gasteiger partial charge in [-0.15, -0.1) is 0 Å². The molecule has 0 aromatic rings. The molecule has 1 N–H and O–H groups in total. The average Bonchev–Trinajstić information content (AvgIpc) is 2.00. The van der Waals surface area contributed by atoms with Crippen LogP contribution >= 0.6 is 0 Å². The summed E-state index contributed by atoms with van der Waals surface area (Å²) in [7, 11) is 1.79. The summed E-state index contributed by atoms with van der Waals surface area (Å²) in [5.74, 6) is 0. The van der Waals surface area contributed by atoms with E-state index in [1.807, 2.05) is 0 Å². The predicted octanol–water partition coefficient (Wildman–Crippen LogP) is 1.71. The van der Waals surface area contributed by atoms with Crippen LogP contribution in [0.3, 0.4) is 0 Å². The van der Waals surface area contributed by atoms with Crippen molar-refractivity contribution in [3.8, 4) is 0 Å². The fourth-order valence-electron chi connectivity index (χ4n) is 2.26. The number of nitrogens with zero attached hydrogens (tertiary/aromatic N) is 1. The summed E-state index contributed by atoms with van der Waals surface area (Å²) in [6, 6.07) is 1.17. The van der Waals surface area contributed by atoms with Crippen LogP contribution < -0.4 is 5.32 Å². The largest absolute Gasteiger partial charge is 0.312 e. The van der Waals surface area contributed by atoms with Crippen molar-refractivity contribution in [2.45, 2.75) is 51.2 Å². The second-order valence-corrected chi connectivity index (χ2v) is 4.42. The van der Waals surface area contributed by atoms with Crippen molar-refractivity contribution in [2.75, 3.05) is 13.6 Å². The van der Waals surface area contributed by atoms with E-state index in [0.717, 1.165) is 12.8 Å². The minimum atomic E-state index is -2.22. The molecule has 1 saturated heterocycles. The highest BCUT2D eigenvalue weighted by Crippen LogP contribution is 2.18. The first kappa shape index (κ1) is 11.9. The topological polar surface area (TPSA) is 15.3 Å². The van der Waals surface area contributed by atoms with Gasteiger partial charge >= 0.3 is 0 Å². The van der Waals surface area contributed by atoms with Crippen LogP contribution in [0.2, 0.25) is 0 Å². The molecule has 84 valence electrons. The molecule has 4 heteroatoms. The first-order valence-electron chi connectivity index (χ1n) is 5.23. The Hall–Kier alpha value is -0.220. The Labute approximate surface area is 84.7 Å². The van der Waals surface area contributed by atoms with Gasteiger partial charge in [0.05, 0.1) is 6.54 Å². The zero-order chi connectivity index (χ0) is 10.7. The molecular weight excluding hydrogens is 186 g/mol. The first-order chi connectivity index (χ1) is 6.49. The quantitative estimate of drug-likeness (QED) is 0.756. The number of rotatable bonds is 3. The lowest BCUT2D eigenvalue weighted by Gasteiger charge is -2.38. The number of hydrogen-bond acceptors (Lipinski definition) is 2. The molecule has 0 aromatic heterocycles. The molecule has 0 radical (unpaired) electrons. The van der Waals surface area contributed by atoms with Crippen molar-refractivity contribution in [3.63, 3.8) is 0 Å². The third-order valence-corrected chi connectivity index (χ3v) is 2.87. The standard InChI is InChI=1S/C10H20F2N2/c1-7-4-9(5-8(2)13-7)14(3)6-10(11)12/h7-10,13H,4-6H2,1-3H3. The molecule has 14 heavy (non-hydrogen) atoms. The second-order valence-electron chi connectivity index (χ2n) is 4.42. The molecule has 1 aliphatic heterocycles. The summed E-state index contributed by atoms with van der Waals surface area (Å²) in [5.41, 5.74) is 0. The minimum Gasteiger partial charge on any atom is -0.312 e. The van der Waals surface area contributed by atoms with Gasteiger partial charge in [0.1, 0.15) is 0 Å². The first-order valence-corrected chi connectivity index (χ1v) is 5.23. The molecule has 2 unspecified atom stereocenters.